The third kappa shape index (κ3) is 3.80. The second-order valence-corrected chi connectivity index (χ2v) is 7.14. The van der Waals surface area contributed by atoms with E-state index < -0.39 is 0 Å². The Labute approximate surface area is 157 Å². The topological polar surface area (TPSA) is 41.4 Å². The van der Waals surface area contributed by atoms with Crippen molar-refractivity contribution in [2.45, 2.75) is 13.2 Å². The summed E-state index contributed by atoms with van der Waals surface area (Å²) in [6.45, 7) is 5.27. The molecule has 5 nitrogen and oxygen atoms in total. The SMILES string of the molecule is O=c1c2ccccc2cnn1CN1CCN(Cc2ccc(Cl)cc2)CC1. The van der Waals surface area contributed by atoms with Gasteiger partial charge in [0, 0.05) is 43.1 Å². The van der Waals surface area contributed by atoms with Crippen LogP contribution in [0.25, 0.3) is 10.8 Å². The maximum absolute atomic E-state index is 12.6. The van der Waals surface area contributed by atoms with Crippen LogP contribution in [-0.4, -0.2) is 45.8 Å². The zero-order chi connectivity index (χ0) is 17.9. The molecular weight excluding hydrogens is 348 g/mol. The summed E-state index contributed by atoms with van der Waals surface area (Å²) in [6, 6.07) is 15.6. The number of halogens is 1. The fraction of sp³-hybridized carbons (Fsp3) is 0.300. The van der Waals surface area contributed by atoms with E-state index in [1.165, 1.54) is 5.56 Å². The molecule has 0 saturated carbocycles. The van der Waals surface area contributed by atoms with Gasteiger partial charge in [0.2, 0.25) is 0 Å². The smallest absolute Gasteiger partial charge is 0.275 e. The van der Waals surface area contributed by atoms with Crippen molar-refractivity contribution in [3.8, 4) is 0 Å². The Balaban J connectivity index is 1.37. The predicted octanol–water partition coefficient (Wildman–Crippen LogP) is 2.83. The van der Waals surface area contributed by atoms with Gasteiger partial charge in [0.15, 0.2) is 0 Å². The second kappa shape index (κ2) is 7.58. The van der Waals surface area contributed by atoms with E-state index in [0.717, 1.165) is 48.5 Å². The number of benzene rings is 2. The lowest BCUT2D eigenvalue weighted by Crippen LogP contribution is -2.47. The van der Waals surface area contributed by atoms with E-state index in [0.29, 0.717) is 6.67 Å². The molecule has 26 heavy (non-hydrogen) atoms. The number of fused-ring (bicyclic) bond motifs is 1. The third-order valence-electron chi connectivity index (χ3n) is 4.88. The van der Waals surface area contributed by atoms with Crippen LogP contribution >= 0.6 is 11.6 Å². The molecule has 1 fully saturated rings. The quantitative estimate of drug-likeness (QED) is 0.710. The Hall–Kier alpha value is -2.21. The molecule has 1 saturated heterocycles. The number of nitrogens with zero attached hydrogens (tertiary/aromatic N) is 4. The van der Waals surface area contributed by atoms with Crippen LogP contribution in [0.3, 0.4) is 0 Å². The molecule has 0 unspecified atom stereocenters. The highest BCUT2D eigenvalue weighted by Gasteiger charge is 2.18. The van der Waals surface area contributed by atoms with Gasteiger partial charge in [0.1, 0.15) is 0 Å². The van der Waals surface area contributed by atoms with E-state index in [9.17, 15) is 4.79 Å². The van der Waals surface area contributed by atoms with Crippen LogP contribution in [0.2, 0.25) is 5.02 Å². The molecule has 0 radical (unpaired) electrons. The van der Waals surface area contributed by atoms with Crippen molar-refractivity contribution < 1.29 is 0 Å². The van der Waals surface area contributed by atoms with Crippen LogP contribution in [0.5, 0.6) is 0 Å². The van der Waals surface area contributed by atoms with Crippen molar-refractivity contribution in [3.05, 3.63) is 75.7 Å². The zero-order valence-corrected chi connectivity index (χ0v) is 15.3. The number of rotatable bonds is 4. The number of hydrogen-bond acceptors (Lipinski definition) is 4. The molecule has 1 aliphatic heterocycles. The first kappa shape index (κ1) is 17.2. The van der Waals surface area contributed by atoms with E-state index in [1.54, 1.807) is 10.9 Å². The van der Waals surface area contributed by atoms with E-state index in [-0.39, 0.29) is 5.56 Å². The maximum atomic E-state index is 12.6. The first-order valence-electron chi connectivity index (χ1n) is 8.83. The molecule has 2 aromatic carbocycles. The summed E-state index contributed by atoms with van der Waals surface area (Å²) in [4.78, 5) is 17.3. The number of aromatic nitrogens is 2. The Kier molecular flexibility index (Phi) is 5.02. The van der Waals surface area contributed by atoms with Crippen LogP contribution in [0.1, 0.15) is 5.56 Å². The molecule has 0 atom stereocenters. The van der Waals surface area contributed by atoms with Crippen LogP contribution in [0, 0.1) is 0 Å². The van der Waals surface area contributed by atoms with Crippen molar-refractivity contribution in [3.63, 3.8) is 0 Å². The van der Waals surface area contributed by atoms with Gasteiger partial charge in [0.25, 0.3) is 5.56 Å². The summed E-state index contributed by atoms with van der Waals surface area (Å²) >= 11 is 5.95. The van der Waals surface area contributed by atoms with Gasteiger partial charge in [-0.1, -0.05) is 41.9 Å². The molecule has 0 aliphatic carbocycles. The molecule has 6 heteroatoms. The highest BCUT2D eigenvalue weighted by atomic mass is 35.5. The molecule has 2 heterocycles. The van der Waals surface area contributed by atoms with Gasteiger partial charge < -0.3 is 0 Å². The Morgan fingerprint density at radius 3 is 2.38 bits per heavy atom. The average molecular weight is 369 g/mol. The van der Waals surface area contributed by atoms with Gasteiger partial charge in [-0.05, 0) is 23.8 Å². The van der Waals surface area contributed by atoms with E-state index >= 15 is 0 Å². The molecule has 0 N–H and O–H groups in total. The van der Waals surface area contributed by atoms with Gasteiger partial charge in [0.05, 0.1) is 18.3 Å². The lowest BCUT2D eigenvalue weighted by atomic mass is 10.2. The maximum Gasteiger partial charge on any atom is 0.275 e. The van der Waals surface area contributed by atoms with Crippen molar-refractivity contribution in [1.82, 2.24) is 19.6 Å². The van der Waals surface area contributed by atoms with E-state index in [4.69, 9.17) is 11.6 Å². The summed E-state index contributed by atoms with van der Waals surface area (Å²) in [5.41, 5.74) is 1.25. The summed E-state index contributed by atoms with van der Waals surface area (Å²) < 4.78 is 1.57. The van der Waals surface area contributed by atoms with Crippen LogP contribution < -0.4 is 5.56 Å². The fourth-order valence-electron chi connectivity index (χ4n) is 3.35. The molecule has 3 aromatic rings. The van der Waals surface area contributed by atoms with Gasteiger partial charge in [-0.2, -0.15) is 5.10 Å². The zero-order valence-electron chi connectivity index (χ0n) is 14.5. The minimum atomic E-state index is -0.0216. The monoisotopic (exact) mass is 368 g/mol. The molecule has 1 aliphatic rings. The fourth-order valence-corrected chi connectivity index (χ4v) is 3.48. The van der Waals surface area contributed by atoms with Crippen molar-refractivity contribution >= 4 is 22.4 Å². The van der Waals surface area contributed by atoms with Crippen LogP contribution in [-0.2, 0) is 13.2 Å². The number of hydrogen-bond donors (Lipinski definition) is 0. The first-order chi connectivity index (χ1) is 12.7. The minimum Gasteiger partial charge on any atom is -0.297 e. The summed E-state index contributed by atoms with van der Waals surface area (Å²) in [6.07, 6.45) is 1.77. The third-order valence-corrected chi connectivity index (χ3v) is 5.13. The van der Waals surface area contributed by atoms with Gasteiger partial charge in [-0.3, -0.25) is 14.6 Å². The van der Waals surface area contributed by atoms with Crippen LogP contribution in [0.15, 0.2) is 59.5 Å². The van der Waals surface area contributed by atoms with Crippen molar-refractivity contribution in [2.75, 3.05) is 26.2 Å². The van der Waals surface area contributed by atoms with E-state index in [1.807, 2.05) is 36.4 Å². The first-order valence-corrected chi connectivity index (χ1v) is 9.21. The van der Waals surface area contributed by atoms with E-state index in [2.05, 4.69) is 27.0 Å². The largest absolute Gasteiger partial charge is 0.297 e. The summed E-state index contributed by atoms with van der Waals surface area (Å²) in [5.74, 6) is 0. The van der Waals surface area contributed by atoms with Crippen molar-refractivity contribution in [2.24, 2.45) is 0 Å². The van der Waals surface area contributed by atoms with Gasteiger partial charge >= 0.3 is 0 Å². The standard InChI is InChI=1S/C20H21ClN4O/c21-18-7-5-16(6-8-18)14-23-9-11-24(12-10-23)15-25-20(26)19-4-2-1-3-17(19)13-22-25/h1-8,13H,9-12,14-15H2. The Morgan fingerprint density at radius 2 is 1.62 bits per heavy atom. The molecule has 0 spiro atoms. The lowest BCUT2D eigenvalue weighted by Gasteiger charge is -2.34. The molecule has 4 rings (SSSR count). The minimum absolute atomic E-state index is 0.0216. The van der Waals surface area contributed by atoms with Gasteiger partial charge in [-0.15, -0.1) is 0 Å². The second-order valence-electron chi connectivity index (χ2n) is 6.70. The normalized spacial score (nSPS) is 16.2. The molecular formula is C20H21ClN4O. The molecule has 0 bridgehead atoms. The van der Waals surface area contributed by atoms with Gasteiger partial charge in [-0.25, -0.2) is 4.68 Å². The average Bonchev–Trinajstić information content (AvgIpc) is 2.67. The Morgan fingerprint density at radius 1 is 0.923 bits per heavy atom. The molecule has 134 valence electrons. The predicted molar refractivity (Wildman–Crippen MR) is 104 cm³/mol. The Bertz CT molecular complexity index is 946. The molecule has 0 amide bonds. The van der Waals surface area contributed by atoms with Crippen LogP contribution in [0.4, 0.5) is 0 Å². The highest BCUT2D eigenvalue weighted by molar-refractivity contribution is 6.30. The number of piperazine rings is 1. The highest BCUT2D eigenvalue weighted by Crippen LogP contribution is 2.13. The lowest BCUT2D eigenvalue weighted by molar-refractivity contribution is 0.0972. The van der Waals surface area contributed by atoms with Crippen molar-refractivity contribution in [1.29, 1.82) is 0 Å². The molecule has 1 aromatic heterocycles. The summed E-state index contributed by atoms with van der Waals surface area (Å²) in [7, 11) is 0. The summed E-state index contributed by atoms with van der Waals surface area (Å²) in [5, 5.41) is 6.72.